The molecule has 0 aromatic heterocycles. The number of esters is 1. The topological polar surface area (TPSA) is 82.4 Å². The quantitative estimate of drug-likeness (QED) is 0.480. The van der Waals surface area contributed by atoms with E-state index in [0.717, 1.165) is 12.8 Å². The number of nitrogens with one attached hydrogen (secondary N) is 1. The molecule has 1 amide bonds. The van der Waals surface area contributed by atoms with Crippen LogP contribution in [0.5, 0.6) is 0 Å². The summed E-state index contributed by atoms with van der Waals surface area (Å²) in [5.74, 6) is -1.04. The molecule has 6 heteroatoms. The molecule has 2 rings (SSSR count). The Morgan fingerprint density at radius 1 is 1.31 bits per heavy atom. The first-order valence-electron chi connectivity index (χ1n) is 8.98. The van der Waals surface area contributed by atoms with Gasteiger partial charge in [0, 0.05) is 19.3 Å². The van der Waals surface area contributed by atoms with E-state index < -0.39 is 11.9 Å². The SMILES string of the molecule is CCOC(=O)c1ccccc1NC(=O)/C(C#N)=C\N(C)C1CCCCC1. The minimum Gasteiger partial charge on any atom is -0.462 e. The fourth-order valence-corrected chi connectivity index (χ4v) is 3.10. The minimum absolute atomic E-state index is 0.0109. The molecule has 1 aromatic rings. The number of amides is 1. The van der Waals surface area contributed by atoms with Crippen molar-refractivity contribution in [2.24, 2.45) is 0 Å². The molecule has 1 N–H and O–H groups in total. The van der Waals surface area contributed by atoms with Crippen LogP contribution in [-0.2, 0) is 9.53 Å². The van der Waals surface area contributed by atoms with E-state index in [0.29, 0.717) is 11.7 Å². The highest BCUT2D eigenvalue weighted by atomic mass is 16.5. The van der Waals surface area contributed by atoms with E-state index in [1.807, 2.05) is 18.0 Å². The van der Waals surface area contributed by atoms with E-state index in [9.17, 15) is 14.9 Å². The standard InChI is InChI=1S/C20H25N3O3/c1-3-26-20(25)17-11-7-8-12-18(17)22-19(24)15(13-21)14-23(2)16-9-5-4-6-10-16/h7-8,11-12,14,16H,3-6,9-10H2,1-2H3,(H,22,24)/b15-14-. The third-order valence-electron chi connectivity index (χ3n) is 4.52. The molecule has 1 aliphatic carbocycles. The molecular formula is C20H25N3O3. The van der Waals surface area contributed by atoms with Gasteiger partial charge in [0.05, 0.1) is 17.9 Å². The highest BCUT2D eigenvalue weighted by Gasteiger charge is 2.20. The maximum atomic E-state index is 12.5. The monoisotopic (exact) mass is 355 g/mol. The Kier molecular flexibility index (Phi) is 7.22. The number of benzene rings is 1. The van der Waals surface area contributed by atoms with Crippen LogP contribution >= 0.6 is 0 Å². The zero-order valence-corrected chi connectivity index (χ0v) is 15.3. The van der Waals surface area contributed by atoms with Crippen molar-refractivity contribution in [3.05, 3.63) is 41.6 Å². The Bertz CT molecular complexity index is 715. The van der Waals surface area contributed by atoms with Gasteiger partial charge in [-0.05, 0) is 31.9 Å². The first-order valence-corrected chi connectivity index (χ1v) is 8.98. The summed E-state index contributed by atoms with van der Waals surface area (Å²) in [7, 11) is 1.90. The Balaban J connectivity index is 2.13. The van der Waals surface area contributed by atoms with Crippen LogP contribution in [0.1, 0.15) is 49.4 Å². The van der Waals surface area contributed by atoms with E-state index in [1.165, 1.54) is 19.3 Å². The van der Waals surface area contributed by atoms with Crippen LogP contribution in [-0.4, -0.2) is 36.5 Å². The van der Waals surface area contributed by atoms with Crippen molar-refractivity contribution < 1.29 is 14.3 Å². The van der Waals surface area contributed by atoms with Crippen molar-refractivity contribution in [1.82, 2.24) is 4.90 Å². The zero-order valence-electron chi connectivity index (χ0n) is 15.3. The highest BCUT2D eigenvalue weighted by molar-refractivity contribution is 6.09. The Hall–Kier alpha value is -2.81. The highest BCUT2D eigenvalue weighted by Crippen LogP contribution is 2.22. The lowest BCUT2D eigenvalue weighted by Crippen LogP contribution is -2.30. The smallest absolute Gasteiger partial charge is 0.340 e. The van der Waals surface area contributed by atoms with Crippen molar-refractivity contribution in [1.29, 1.82) is 5.26 Å². The van der Waals surface area contributed by atoms with Gasteiger partial charge in [-0.25, -0.2) is 4.79 Å². The van der Waals surface area contributed by atoms with E-state index in [1.54, 1.807) is 37.4 Å². The summed E-state index contributed by atoms with van der Waals surface area (Å²) in [5.41, 5.74) is 0.606. The average Bonchev–Trinajstić information content (AvgIpc) is 2.67. The third-order valence-corrected chi connectivity index (χ3v) is 4.52. The number of carbonyl (C=O) groups is 2. The second-order valence-electron chi connectivity index (χ2n) is 6.33. The molecule has 26 heavy (non-hydrogen) atoms. The number of carbonyl (C=O) groups excluding carboxylic acids is 2. The minimum atomic E-state index is -0.535. The Morgan fingerprint density at radius 2 is 2.00 bits per heavy atom. The van der Waals surface area contributed by atoms with Crippen LogP contribution in [0, 0.1) is 11.3 Å². The van der Waals surface area contributed by atoms with Crippen molar-refractivity contribution in [2.45, 2.75) is 45.1 Å². The van der Waals surface area contributed by atoms with Gasteiger partial charge in [0.25, 0.3) is 5.91 Å². The van der Waals surface area contributed by atoms with Gasteiger partial charge in [-0.1, -0.05) is 31.4 Å². The molecule has 0 saturated heterocycles. The number of rotatable bonds is 6. The molecule has 0 bridgehead atoms. The maximum Gasteiger partial charge on any atom is 0.340 e. The molecule has 1 fully saturated rings. The lowest BCUT2D eigenvalue weighted by molar-refractivity contribution is -0.112. The molecule has 0 radical (unpaired) electrons. The largest absolute Gasteiger partial charge is 0.462 e. The summed E-state index contributed by atoms with van der Waals surface area (Å²) < 4.78 is 5.00. The van der Waals surface area contributed by atoms with Gasteiger partial charge in [-0.2, -0.15) is 5.26 Å². The number of hydrogen-bond acceptors (Lipinski definition) is 5. The van der Waals surface area contributed by atoms with Crippen molar-refractivity contribution >= 4 is 17.6 Å². The fourth-order valence-electron chi connectivity index (χ4n) is 3.10. The molecule has 1 aromatic carbocycles. The predicted octanol–water partition coefficient (Wildman–Crippen LogP) is 3.47. The molecule has 138 valence electrons. The van der Waals surface area contributed by atoms with Crippen molar-refractivity contribution in [3.8, 4) is 6.07 Å². The molecule has 0 spiro atoms. The Morgan fingerprint density at radius 3 is 2.65 bits per heavy atom. The number of hydrogen-bond donors (Lipinski definition) is 1. The van der Waals surface area contributed by atoms with Gasteiger partial charge in [0.15, 0.2) is 0 Å². The lowest BCUT2D eigenvalue weighted by atomic mass is 9.94. The average molecular weight is 355 g/mol. The van der Waals surface area contributed by atoms with Gasteiger partial charge < -0.3 is 15.0 Å². The van der Waals surface area contributed by atoms with Gasteiger partial charge in [-0.3, -0.25) is 4.79 Å². The summed E-state index contributed by atoms with van der Waals surface area (Å²) in [6, 6.07) is 8.91. The van der Waals surface area contributed by atoms with Gasteiger partial charge in [0.1, 0.15) is 11.6 Å². The molecule has 6 nitrogen and oxygen atoms in total. The fraction of sp³-hybridized carbons (Fsp3) is 0.450. The van der Waals surface area contributed by atoms with Crippen LogP contribution < -0.4 is 5.32 Å². The van der Waals surface area contributed by atoms with E-state index in [4.69, 9.17) is 4.74 Å². The first-order chi connectivity index (χ1) is 12.6. The van der Waals surface area contributed by atoms with Crippen LogP contribution in [0.15, 0.2) is 36.0 Å². The number of nitrogens with zero attached hydrogens (tertiary/aromatic N) is 2. The molecule has 0 heterocycles. The number of anilines is 1. The van der Waals surface area contributed by atoms with E-state index in [2.05, 4.69) is 5.32 Å². The first kappa shape index (κ1) is 19.5. The second-order valence-corrected chi connectivity index (χ2v) is 6.33. The van der Waals surface area contributed by atoms with Crippen LogP contribution in [0.25, 0.3) is 0 Å². The summed E-state index contributed by atoms with van der Waals surface area (Å²) in [5, 5.41) is 12.0. The predicted molar refractivity (Wildman–Crippen MR) is 99.4 cm³/mol. The number of ether oxygens (including phenoxy) is 1. The van der Waals surface area contributed by atoms with Crippen LogP contribution in [0.2, 0.25) is 0 Å². The van der Waals surface area contributed by atoms with Gasteiger partial charge in [0.2, 0.25) is 0 Å². The molecule has 0 unspecified atom stereocenters. The summed E-state index contributed by atoms with van der Waals surface area (Å²) >= 11 is 0. The van der Waals surface area contributed by atoms with Crippen LogP contribution in [0.3, 0.4) is 0 Å². The van der Waals surface area contributed by atoms with Crippen molar-refractivity contribution in [3.63, 3.8) is 0 Å². The molecular weight excluding hydrogens is 330 g/mol. The molecule has 1 saturated carbocycles. The Labute approximate surface area is 154 Å². The van der Waals surface area contributed by atoms with Crippen LogP contribution in [0.4, 0.5) is 5.69 Å². The van der Waals surface area contributed by atoms with Crippen molar-refractivity contribution in [2.75, 3.05) is 19.0 Å². The van der Waals surface area contributed by atoms with E-state index >= 15 is 0 Å². The van der Waals surface area contributed by atoms with Gasteiger partial charge in [-0.15, -0.1) is 0 Å². The zero-order chi connectivity index (χ0) is 18.9. The third kappa shape index (κ3) is 5.09. The molecule has 0 atom stereocenters. The number of nitriles is 1. The summed E-state index contributed by atoms with van der Waals surface area (Å²) in [6.45, 7) is 1.97. The number of para-hydroxylation sites is 1. The summed E-state index contributed by atoms with van der Waals surface area (Å²) in [6.07, 6.45) is 7.31. The second kappa shape index (κ2) is 9.62. The normalized spacial score (nSPS) is 15.0. The maximum absolute atomic E-state index is 12.5. The lowest BCUT2D eigenvalue weighted by Gasteiger charge is -2.30. The van der Waals surface area contributed by atoms with E-state index in [-0.39, 0.29) is 17.7 Å². The summed E-state index contributed by atoms with van der Waals surface area (Å²) in [4.78, 5) is 26.5. The molecule has 1 aliphatic rings. The van der Waals surface area contributed by atoms with Gasteiger partial charge >= 0.3 is 5.97 Å². The molecule has 0 aliphatic heterocycles.